The first-order chi connectivity index (χ1) is 7.89. The summed E-state index contributed by atoms with van der Waals surface area (Å²) in [5.74, 6) is -1.01. The minimum atomic E-state index is -1.01. The fourth-order valence-corrected chi connectivity index (χ4v) is 1.28. The number of anilines is 1. The van der Waals surface area contributed by atoms with Crippen LogP contribution in [0.5, 0.6) is 0 Å². The van der Waals surface area contributed by atoms with Crippen molar-refractivity contribution in [2.75, 3.05) is 26.0 Å². The van der Waals surface area contributed by atoms with Gasteiger partial charge in [-0.05, 0) is 12.1 Å². The van der Waals surface area contributed by atoms with Gasteiger partial charge in [-0.3, -0.25) is 0 Å². The number of rotatable bonds is 4. The Morgan fingerprint density at radius 3 is 2.53 bits per heavy atom. The molecule has 92 valence electrons. The molecule has 1 aromatic carbocycles. The molecule has 0 unspecified atom stereocenters. The van der Waals surface area contributed by atoms with Gasteiger partial charge in [-0.2, -0.15) is 4.59 Å². The van der Waals surface area contributed by atoms with Crippen molar-refractivity contribution in [2.45, 2.75) is 0 Å². The van der Waals surface area contributed by atoms with Gasteiger partial charge in [0.25, 0.3) is 0 Å². The summed E-state index contributed by atoms with van der Waals surface area (Å²) in [6, 6.07) is 8.29. The van der Waals surface area contributed by atoms with Crippen molar-refractivity contribution in [3.8, 4) is 0 Å². The van der Waals surface area contributed by atoms with Crippen molar-refractivity contribution < 1.29 is 19.6 Å². The summed E-state index contributed by atoms with van der Waals surface area (Å²) in [6.45, 7) is -0.248. The SMILES string of the molecule is C[N+](C)(CC(=O)O)/N=C(\[O-])Nc1ccccc1. The van der Waals surface area contributed by atoms with E-state index >= 15 is 0 Å². The lowest BCUT2D eigenvalue weighted by Gasteiger charge is -2.23. The number of nitrogens with zero attached hydrogens (tertiary/aromatic N) is 2. The van der Waals surface area contributed by atoms with Crippen molar-refractivity contribution in [3.63, 3.8) is 0 Å². The van der Waals surface area contributed by atoms with Crippen molar-refractivity contribution in [3.05, 3.63) is 30.3 Å². The van der Waals surface area contributed by atoms with Crippen molar-refractivity contribution in [1.82, 2.24) is 0 Å². The Hall–Kier alpha value is -2.08. The van der Waals surface area contributed by atoms with Gasteiger partial charge in [0.1, 0.15) is 6.02 Å². The molecule has 6 nitrogen and oxygen atoms in total. The average molecular weight is 237 g/mol. The van der Waals surface area contributed by atoms with Gasteiger partial charge < -0.3 is 15.5 Å². The van der Waals surface area contributed by atoms with Gasteiger partial charge in [0.05, 0.1) is 14.1 Å². The summed E-state index contributed by atoms with van der Waals surface area (Å²) >= 11 is 0. The Morgan fingerprint density at radius 2 is 2.00 bits per heavy atom. The first-order valence-electron chi connectivity index (χ1n) is 5.03. The number of amidine groups is 1. The zero-order valence-corrected chi connectivity index (χ0v) is 9.75. The number of hydrogen-bond acceptors (Lipinski definition) is 3. The highest BCUT2D eigenvalue weighted by Crippen LogP contribution is 2.05. The van der Waals surface area contributed by atoms with E-state index in [1.807, 2.05) is 6.07 Å². The van der Waals surface area contributed by atoms with Crippen LogP contribution in [0.15, 0.2) is 35.4 Å². The number of carbonyl (C=O) groups is 1. The van der Waals surface area contributed by atoms with E-state index < -0.39 is 12.0 Å². The topological polar surface area (TPSA) is 84.8 Å². The standard InChI is InChI=1S/C11H15N3O3/c1-14(2,8-10(15)16)13-11(17)12-9-6-4-3-5-7-9/h3-7H,8H2,1-2H3,(H2-,12,13,15,16,17). The summed E-state index contributed by atoms with van der Waals surface area (Å²) in [5, 5.41) is 26.5. The molecule has 0 heterocycles. The molecule has 0 aliphatic heterocycles. The first kappa shape index (κ1) is 13.0. The summed E-state index contributed by atoms with van der Waals surface area (Å²) < 4.78 is -0.256. The van der Waals surface area contributed by atoms with Crippen LogP contribution < -0.4 is 10.4 Å². The number of carboxylic acids is 1. The maximum Gasteiger partial charge on any atom is 0.361 e. The van der Waals surface area contributed by atoms with Crippen LogP contribution >= 0.6 is 0 Å². The molecule has 0 saturated carbocycles. The molecule has 17 heavy (non-hydrogen) atoms. The van der Waals surface area contributed by atoms with Crippen LogP contribution in [-0.2, 0) is 4.79 Å². The molecule has 6 heteroatoms. The highest BCUT2D eigenvalue weighted by Gasteiger charge is 2.18. The Bertz CT molecular complexity index is 415. The highest BCUT2D eigenvalue weighted by atomic mass is 16.4. The average Bonchev–Trinajstić information content (AvgIpc) is 2.15. The summed E-state index contributed by atoms with van der Waals surface area (Å²) in [7, 11) is 3.08. The summed E-state index contributed by atoms with van der Waals surface area (Å²) in [4.78, 5) is 10.5. The molecule has 0 radical (unpaired) electrons. The lowest BCUT2D eigenvalue weighted by molar-refractivity contribution is -0.891. The number of nitrogens with one attached hydrogen (secondary N) is 1. The molecular formula is C11H15N3O3. The molecule has 1 rings (SSSR count). The van der Waals surface area contributed by atoms with Gasteiger partial charge in [0, 0.05) is 5.69 Å². The van der Waals surface area contributed by atoms with E-state index in [4.69, 9.17) is 5.11 Å². The monoisotopic (exact) mass is 237 g/mol. The van der Waals surface area contributed by atoms with E-state index in [0.717, 1.165) is 0 Å². The largest absolute Gasteiger partial charge is 0.842 e. The molecule has 0 spiro atoms. The number of likely N-dealkylation sites (N-methyl/N-ethyl adjacent to an activating group) is 1. The number of benzene rings is 1. The van der Waals surface area contributed by atoms with Crippen LogP contribution in [-0.4, -0.2) is 42.3 Å². The fraction of sp³-hybridized carbons (Fsp3) is 0.273. The zero-order valence-electron chi connectivity index (χ0n) is 9.75. The van der Waals surface area contributed by atoms with Crippen LogP contribution in [0, 0.1) is 0 Å². The van der Waals surface area contributed by atoms with Gasteiger partial charge >= 0.3 is 5.97 Å². The summed E-state index contributed by atoms with van der Waals surface area (Å²) in [5.41, 5.74) is 0.622. The molecule has 0 bridgehead atoms. The molecule has 0 atom stereocenters. The van der Waals surface area contributed by atoms with Crippen LogP contribution in [0.25, 0.3) is 0 Å². The molecule has 0 fully saturated rings. The van der Waals surface area contributed by atoms with Crippen molar-refractivity contribution >= 4 is 17.7 Å². The third-order valence-corrected chi connectivity index (χ3v) is 1.91. The van der Waals surface area contributed by atoms with Crippen LogP contribution in [0.2, 0.25) is 0 Å². The molecule has 1 aromatic rings. The Labute approximate surface area is 99.4 Å². The maximum atomic E-state index is 11.5. The van der Waals surface area contributed by atoms with Crippen LogP contribution in [0.3, 0.4) is 0 Å². The fourth-order valence-electron chi connectivity index (χ4n) is 1.28. The van der Waals surface area contributed by atoms with E-state index in [0.29, 0.717) is 5.69 Å². The third-order valence-electron chi connectivity index (χ3n) is 1.91. The van der Waals surface area contributed by atoms with E-state index in [-0.39, 0.29) is 11.1 Å². The first-order valence-corrected chi connectivity index (χ1v) is 5.03. The third kappa shape index (κ3) is 4.98. The Balaban J connectivity index is 2.69. The normalized spacial score (nSPS) is 12.2. The van der Waals surface area contributed by atoms with E-state index in [2.05, 4.69) is 10.4 Å². The number of carboxylic acid groups (broad SMARTS) is 1. The number of hydrogen-bond donors (Lipinski definition) is 2. The predicted molar refractivity (Wildman–Crippen MR) is 62.1 cm³/mol. The van der Waals surface area contributed by atoms with Crippen molar-refractivity contribution in [1.29, 1.82) is 0 Å². The minimum absolute atomic E-state index is 0.248. The molecule has 0 aliphatic rings. The predicted octanol–water partition coefficient (Wildman–Crippen LogP) is -0.109. The molecule has 2 N–H and O–H groups in total. The van der Waals surface area contributed by atoms with Gasteiger partial charge in [-0.25, -0.2) is 4.79 Å². The number of para-hydroxylation sites is 1. The van der Waals surface area contributed by atoms with Gasteiger partial charge in [0.2, 0.25) is 6.54 Å². The lowest BCUT2D eigenvalue weighted by Crippen LogP contribution is -2.43. The van der Waals surface area contributed by atoms with Gasteiger partial charge in [0.15, 0.2) is 0 Å². The van der Waals surface area contributed by atoms with E-state index in [9.17, 15) is 9.90 Å². The molecule has 0 aromatic heterocycles. The minimum Gasteiger partial charge on any atom is -0.842 e. The lowest BCUT2D eigenvalue weighted by atomic mass is 10.3. The molecule has 0 aliphatic carbocycles. The zero-order chi connectivity index (χ0) is 12.9. The van der Waals surface area contributed by atoms with E-state index in [1.54, 1.807) is 38.4 Å². The molecule has 0 saturated heterocycles. The van der Waals surface area contributed by atoms with E-state index in [1.165, 1.54) is 0 Å². The van der Waals surface area contributed by atoms with Gasteiger partial charge in [-0.15, -0.1) is 0 Å². The van der Waals surface area contributed by atoms with Gasteiger partial charge in [-0.1, -0.05) is 23.3 Å². The molecular weight excluding hydrogens is 222 g/mol. The second-order valence-electron chi connectivity index (χ2n) is 4.07. The Kier molecular flexibility index (Phi) is 4.06. The second-order valence-corrected chi connectivity index (χ2v) is 4.07. The highest BCUT2D eigenvalue weighted by molar-refractivity contribution is 5.85. The summed E-state index contributed by atoms with van der Waals surface area (Å²) in [6.07, 6.45) is 0. The second kappa shape index (κ2) is 5.31. The quantitative estimate of drug-likeness (QED) is 0.331. The number of quaternary nitrogens is 1. The number of aliphatic carboxylic acids is 1. The van der Waals surface area contributed by atoms with Crippen molar-refractivity contribution in [2.24, 2.45) is 5.10 Å². The maximum absolute atomic E-state index is 11.5. The Morgan fingerprint density at radius 1 is 1.41 bits per heavy atom. The van der Waals surface area contributed by atoms with Crippen LogP contribution in [0.1, 0.15) is 0 Å². The van der Waals surface area contributed by atoms with Crippen LogP contribution in [0.4, 0.5) is 5.69 Å². The smallest absolute Gasteiger partial charge is 0.361 e. The molecule has 0 amide bonds.